The summed E-state index contributed by atoms with van der Waals surface area (Å²) in [6.45, 7) is 2.08. The van der Waals surface area contributed by atoms with Gasteiger partial charge in [0.15, 0.2) is 11.0 Å². The molecule has 2 heterocycles. The van der Waals surface area contributed by atoms with Gasteiger partial charge in [-0.2, -0.15) is 0 Å². The van der Waals surface area contributed by atoms with Gasteiger partial charge in [-0.1, -0.05) is 42.1 Å². The minimum atomic E-state index is -0.338. The maximum atomic E-state index is 12.1. The van der Waals surface area contributed by atoms with E-state index in [1.165, 1.54) is 23.1 Å². The average molecular weight is 403 g/mol. The summed E-state index contributed by atoms with van der Waals surface area (Å²) in [5, 5.41) is 12.3. The number of rotatable bonds is 8. The molecule has 27 heavy (non-hydrogen) atoms. The van der Waals surface area contributed by atoms with Crippen LogP contribution in [0.3, 0.4) is 0 Å². The number of amides is 1. The van der Waals surface area contributed by atoms with E-state index < -0.39 is 0 Å². The Balaban J connectivity index is 1.48. The third-order valence-electron chi connectivity index (χ3n) is 3.27. The number of benzene rings is 1. The quantitative estimate of drug-likeness (QED) is 0.439. The minimum absolute atomic E-state index is 0.0917. The highest BCUT2D eigenvalue weighted by Crippen LogP contribution is 2.20. The zero-order chi connectivity index (χ0) is 19.1. The van der Waals surface area contributed by atoms with E-state index in [0.29, 0.717) is 28.4 Å². The van der Waals surface area contributed by atoms with Gasteiger partial charge in [0, 0.05) is 10.9 Å². The number of thioether (sulfide) groups is 1. The summed E-state index contributed by atoms with van der Waals surface area (Å²) in [4.78, 5) is 32.1. The SMILES string of the molecule is CCOC(=O)Cc1csc(NC(=O)CSc2n[nH]c(-c3ccccc3)n2)n1. The number of hydrogen-bond donors (Lipinski definition) is 2. The van der Waals surface area contributed by atoms with Crippen LogP contribution >= 0.6 is 23.1 Å². The Labute approximate surface area is 163 Å². The van der Waals surface area contributed by atoms with Crippen LogP contribution in [0.2, 0.25) is 0 Å². The van der Waals surface area contributed by atoms with Crippen molar-refractivity contribution in [1.29, 1.82) is 0 Å². The minimum Gasteiger partial charge on any atom is -0.466 e. The van der Waals surface area contributed by atoms with E-state index in [-0.39, 0.29) is 24.1 Å². The Hall–Kier alpha value is -2.72. The summed E-state index contributed by atoms with van der Waals surface area (Å²) < 4.78 is 4.88. The molecule has 2 aromatic heterocycles. The Bertz CT molecular complexity index is 910. The zero-order valence-electron chi connectivity index (χ0n) is 14.5. The van der Waals surface area contributed by atoms with Gasteiger partial charge in [-0.15, -0.1) is 16.4 Å². The second-order valence-electron chi connectivity index (χ2n) is 5.30. The predicted molar refractivity (Wildman–Crippen MR) is 104 cm³/mol. The first-order chi connectivity index (χ1) is 13.1. The molecule has 0 saturated heterocycles. The molecular weight excluding hydrogens is 386 g/mol. The van der Waals surface area contributed by atoms with Gasteiger partial charge in [-0.05, 0) is 6.92 Å². The fraction of sp³-hybridized carbons (Fsp3) is 0.235. The number of thiazole rings is 1. The monoisotopic (exact) mass is 403 g/mol. The van der Waals surface area contributed by atoms with Gasteiger partial charge >= 0.3 is 5.97 Å². The molecule has 0 bridgehead atoms. The number of aromatic nitrogens is 4. The number of hydrogen-bond acceptors (Lipinski definition) is 8. The number of H-pyrrole nitrogens is 1. The van der Waals surface area contributed by atoms with Gasteiger partial charge in [0.25, 0.3) is 0 Å². The molecule has 0 spiro atoms. The van der Waals surface area contributed by atoms with Crippen LogP contribution in [0.15, 0.2) is 40.9 Å². The number of carbonyl (C=O) groups is 2. The van der Waals surface area contributed by atoms with Crippen LogP contribution < -0.4 is 5.32 Å². The normalized spacial score (nSPS) is 10.6. The Morgan fingerprint density at radius 1 is 1.26 bits per heavy atom. The molecule has 0 saturated carbocycles. The summed E-state index contributed by atoms with van der Waals surface area (Å²) in [6.07, 6.45) is 0.0917. The number of aromatic amines is 1. The number of ether oxygens (including phenoxy) is 1. The molecule has 10 heteroatoms. The van der Waals surface area contributed by atoms with Gasteiger partial charge in [0.05, 0.1) is 24.5 Å². The van der Waals surface area contributed by atoms with E-state index >= 15 is 0 Å². The van der Waals surface area contributed by atoms with Crippen LogP contribution in [0, 0.1) is 0 Å². The molecule has 2 N–H and O–H groups in total. The van der Waals surface area contributed by atoms with Crippen molar-refractivity contribution in [3.63, 3.8) is 0 Å². The topological polar surface area (TPSA) is 110 Å². The van der Waals surface area contributed by atoms with E-state index in [9.17, 15) is 9.59 Å². The number of nitrogens with zero attached hydrogens (tertiary/aromatic N) is 3. The van der Waals surface area contributed by atoms with Gasteiger partial charge in [0.1, 0.15) is 0 Å². The van der Waals surface area contributed by atoms with Crippen LogP contribution in [0.25, 0.3) is 11.4 Å². The standard InChI is InChI=1S/C17H17N5O3S2/c1-2-25-14(24)8-12-9-26-16(18-12)19-13(23)10-27-17-20-15(21-22-17)11-6-4-3-5-7-11/h3-7,9H,2,8,10H2,1H3,(H,18,19,23)(H,20,21,22). The Morgan fingerprint density at radius 2 is 2.07 bits per heavy atom. The van der Waals surface area contributed by atoms with Crippen molar-refractivity contribution in [3.8, 4) is 11.4 Å². The number of nitrogens with one attached hydrogen (secondary N) is 2. The number of esters is 1. The Morgan fingerprint density at radius 3 is 2.85 bits per heavy atom. The lowest BCUT2D eigenvalue weighted by atomic mass is 10.2. The molecule has 140 valence electrons. The third kappa shape index (κ3) is 5.63. The fourth-order valence-electron chi connectivity index (χ4n) is 2.13. The summed E-state index contributed by atoms with van der Waals surface area (Å²) in [5.41, 5.74) is 1.50. The zero-order valence-corrected chi connectivity index (χ0v) is 16.1. The largest absolute Gasteiger partial charge is 0.466 e. The molecular formula is C17H17N5O3S2. The van der Waals surface area contributed by atoms with E-state index in [0.717, 1.165) is 5.56 Å². The molecule has 0 atom stereocenters. The highest BCUT2D eigenvalue weighted by atomic mass is 32.2. The van der Waals surface area contributed by atoms with E-state index in [4.69, 9.17) is 4.74 Å². The first-order valence-corrected chi connectivity index (χ1v) is 10.0. The van der Waals surface area contributed by atoms with Crippen LogP contribution in [0.5, 0.6) is 0 Å². The lowest BCUT2D eigenvalue weighted by Crippen LogP contribution is -2.14. The molecule has 0 fully saturated rings. The second kappa shape index (κ2) is 9.28. The van der Waals surface area contributed by atoms with Crippen molar-refractivity contribution in [2.24, 2.45) is 0 Å². The summed E-state index contributed by atoms with van der Waals surface area (Å²) in [6, 6.07) is 9.62. The van der Waals surface area contributed by atoms with Crippen molar-refractivity contribution < 1.29 is 14.3 Å². The van der Waals surface area contributed by atoms with Gasteiger partial charge < -0.3 is 10.1 Å². The van der Waals surface area contributed by atoms with E-state index in [1.54, 1.807) is 12.3 Å². The second-order valence-corrected chi connectivity index (χ2v) is 7.10. The lowest BCUT2D eigenvalue weighted by molar-refractivity contribution is -0.142. The van der Waals surface area contributed by atoms with Crippen LogP contribution in [-0.4, -0.2) is 44.4 Å². The van der Waals surface area contributed by atoms with Gasteiger partial charge in [-0.3, -0.25) is 14.7 Å². The van der Waals surface area contributed by atoms with Gasteiger partial charge in [-0.25, -0.2) is 9.97 Å². The van der Waals surface area contributed by atoms with Crippen LogP contribution in [-0.2, 0) is 20.7 Å². The molecule has 0 aliphatic carbocycles. The first kappa shape index (κ1) is 19.1. The average Bonchev–Trinajstić information content (AvgIpc) is 3.30. The molecule has 1 aromatic carbocycles. The summed E-state index contributed by atoms with van der Waals surface area (Å²) >= 11 is 2.49. The third-order valence-corrected chi connectivity index (χ3v) is 4.93. The molecule has 0 radical (unpaired) electrons. The highest BCUT2D eigenvalue weighted by molar-refractivity contribution is 7.99. The van der Waals surface area contributed by atoms with Gasteiger partial charge in [0.2, 0.25) is 11.1 Å². The maximum absolute atomic E-state index is 12.1. The van der Waals surface area contributed by atoms with Crippen LogP contribution in [0.4, 0.5) is 5.13 Å². The summed E-state index contributed by atoms with van der Waals surface area (Å²) in [7, 11) is 0. The predicted octanol–water partition coefficient (Wildman–Crippen LogP) is 2.76. The molecule has 0 unspecified atom stereocenters. The molecule has 8 nitrogen and oxygen atoms in total. The van der Waals surface area contributed by atoms with E-state index in [2.05, 4.69) is 25.5 Å². The molecule has 3 aromatic rings. The molecule has 1 amide bonds. The summed E-state index contributed by atoms with van der Waals surface area (Å²) in [5.74, 6) is 0.249. The van der Waals surface area contributed by atoms with Crippen molar-refractivity contribution in [2.75, 3.05) is 17.7 Å². The smallest absolute Gasteiger partial charge is 0.311 e. The molecule has 0 aliphatic rings. The number of anilines is 1. The van der Waals surface area contributed by atoms with Crippen molar-refractivity contribution >= 4 is 40.1 Å². The number of carbonyl (C=O) groups excluding carboxylic acids is 2. The van der Waals surface area contributed by atoms with Crippen molar-refractivity contribution in [1.82, 2.24) is 20.2 Å². The van der Waals surface area contributed by atoms with E-state index in [1.807, 2.05) is 30.3 Å². The van der Waals surface area contributed by atoms with Crippen LogP contribution in [0.1, 0.15) is 12.6 Å². The fourth-order valence-corrected chi connectivity index (χ4v) is 3.45. The first-order valence-electron chi connectivity index (χ1n) is 8.14. The Kier molecular flexibility index (Phi) is 6.55. The van der Waals surface area contributed by atoms with Crippen molar-refractivity contribution in [2.45, 2.75) is 18.5 Å². The highest BCUT2D eigenvalue weighted by Gasteiger charge is 2.12. The van der Waals surface area contributed by atoms with Crippen molar-refractivity contribution in [3.05, 3.63) is 41.4 Å². The maximum Gasteiger partial charge on any atom is 0.311 e. The molecule has 3 rings (SSSR count). The lowest BCUT2D eigenvalue weighted by Gasteiger charge is -2.00. The molecule has 0 aliphatic heterocycles.